The second-order valence-electron chi connectivity index (χ2n) is 4.82. The summed E-state index contributed by atoms with van der Waals surface area (Å²) in [6.07, 6.45) is 0.805. The second kappa shape index (κ2) is 7.14. The summed E-state index contributed by atoms with van der Waals surface area (Å²) in [7, 11) is 1.36. The van der Waals surface area contributed by atoms with E-state index in [9.17, 15) is 4.79 Å². The van der Waals surface area contributed by atoms with Crippen LogP contribution in [0.25, 0.3) is 0 Å². The van der Waals surface area contributed by atoms with Crippen molar-refractivity contribution in [2.45, 2.75) is 32.8 Å². The predicted octanol–water partition coefficient (Wildman–Crippen LogP) is 3.06. The maximum Gasteiger partial charge on any atom is 0.337 e. The molecule has 0 N–H and O–H groups in total. The molecule has 4 heteroatoms. The van der Waals surface area contributed by atoms with E-state index < -0.39 is 0 Å². The van der Waals surface area contributed by atoms with Gasteiger partial charge in [0.1, 0.15) is 11.4 Å². The SMILES string of the molecule is CCOCCC(C)(C)Oc1ccc(C(=O)OC)cc1. The number of methoxy groups -OCH3 is 1. The average molecular weight is 266 g/mol. The van der Waals surface area contributed by atoms with Crippen molar-refractivity contribution in [2.24, 2.45) is 0 Å². The van der Waals surface area contributed by atoms with Gasteiger partial charge >= 0.3 is 5.97 Å². The molecule has 0 aromatic heterocycles. The molecule has 4 nitrogen and oxygen atoms in total. The number of carbonyl (C=O) groups excluding carboxylic acids is 1. The summed E-state index contributed by atoms with van der Waals surface area (Å²) in [6, 6.07) is 6.93. The molecular formula is C15H22O4. The highest BCUT2D eigenvalue weighted by atomic mass is 16.5. The fourth-order valence-electron chi connectivity index (χ4n) is 1.61. The zero-order valence-corrected chi connectivity index (χ0v) is 12.1. The molecule has 0 radical (unpaired) electrons. The molecule has 106 valence electrons. The van der Waals surface area contributed by atoms with Gasteiger partial charge in [0.2, 0.25) is 0 Å². The topological polar surface area (TPSA) is 44.8 Å². The Labute approximate surface area is 114 Å². The van der Waals surface area contributed by atoms with Crippen molar-refractivity contribution in [1.29, 1.82) is 0 Å². The molecule has 0 atom stereocenters. The average Bonchev–Trinajstić information content (AvgIpc) is 2.38. The number of carbonyl (C=O) groups is 1. The lowest BCUT2D eigenvalue weighted by molar-refractivity contribution is 0.0505. The van der Waals surface area contributed by atoms with Crippen LogP contribution in [0.4, 0.5) is 0 Å². The first-order chi connectivity index (χ1) is 8.98. The molecule has 0 aliphatic heterocycles. The van der Waals surface area contributed by atoms with E-state index in [2.05, 4.69) is 4.74 Å². The maximum absolute atomic E-state index is 11.3. The van der Waals surface area contributed by atoms with Crippen molar-refractivity contribution in [1.82, 2.24) is 0 Å². The van der Waals surface area contributed by atoms with Crippen LogP contribution in [0.2, 0.25) is 0 Å². The van der Waals surface area contributed by atoms with E-state index in [0.717, 1.165) is 12.2 Å². The number of hydrogen-bond acceptors (Lipinski definition) is 4. The zero-order valence-electron chi connectivity index (χ0n) is 12.1. The van der Waals surface area contributed by atoms with Gasteiger partial charge in [-0.15, -0.1) is 0 Å². The summed E-state index contributed by atoms with van der Waals surface area (Å²) in [5.41, 5.74) is 0.212. The normalized spacial score (nSPS) is 11.2. The Bertz CT molecular complexity index is 395. The van der Waals surface area contributed by atoms with Crippen molar-refractivity contribution in [3.8, 4) is 5.75 Å². The van der Waals surface area contributed by atoms with Gasteiger partial charge in [0.05, 0.1) is 19.3 Å². The third kappa shape index (κ3) is 5.30. The lowest BCUT2D eigenvalue weighted by Crippen LogP contribution is -2.29. The standard InChI is InChI=1S/C15H22O4/c1-5-18-11-10-15(2,3)19-13-8-6-12(7-9-13)14(16)17-4/h6-9H,5,10-11H2,1-4H3. The molecule has 0 bridgehead atoms. The van der Waals surface area contributed by atoms with Crippen molar-refractivity contribution in [2.75, 3.05) is 20.3 Å². The zero-order chi connectivity index (χ0) is 14.3. The number of benzene rings is 1. The van der Waals surface area contributed by atoms with E-state index in [1.807, 2.05) is 20.8 Å². The van der Waals surface area contributed by atoms with Crippen LogP contribution in [-0.2, 0) is 9.47 Å². The third-order valence-electron chi connectivity index (χ3n) is 2.72. The molecule has 19 heavy (non-hydrogen) atoms. The van der Waals surface area contributed by atoms with E-state index in [0.29, 0.717) is 18.8 Å². The smallest absolute Gasteiger partial charge is 0.337 e. The first-order valence-electron chi connectivity index (χ1n) is 6.43. The minimum absolute atomic E-state index is 0.304. The molecule has 0 fully saturated rings. The highest BCUT2D eigenvalue weighted by Crippen LogP contribution is 2.21. The summed E-state index contributed by atoms with van der Waals surface area (Å²) in [5.74, 6) is 0.385. The quantitative estimate of drug-likeness (QED) is 0.562. The molecule has 1 aromatic carbocycles. The van der Waals surface area contributed by atoms with E-state index in [1.54, 1.807) is 24.3 Å². The van der Waals surface area contributed by atoms with E-state index in [1.165, 1.54) is 7.11 Å². The highest BCUT2D eigenvalue weighted by molar-refractivity contribution is 5.89. The van der Waals surface area contributed by atoms with Gasteiger partial charge in [-0.3, -0.25) is 0 Å². The van der Waals surface area contributed by atoms with Crippen molar-refractivity contribution in [3.63, 3.8) is 0 Å². The van der Waals surface area contributed by atoms with Gasteiger partial charge < -0.3 is 14.2 Å². The van der Waals surface area contributed by atoms with Crippen LogP contribution >= 0.6 is 0 Å². The Morgan fingerprint density at radius 2 is 1.84 bits per heavy atom. The minimum Gasteiger partial charge on any atom is -0.488 e. The van der Waals surface area contributed by atoms with Crippen LogP contribution in [0.1, 0.15) is 37.6 Å². The first-order valence-corrected chi connectivity index (χ1v) is 6.43. The number of rotatable bonds is 7. The third-order valence-corrected chi connectivity index (χ3v) is 2.72. The summed E-state index contributed by atoms with van der Waals surface area (Å²) in [4.78, 5) is 11.3. The summed E-state index contributed by atoms with van der Waals surface area (Å²) < 4.78 is 15.9. The number of esters is 1. The molecule has 1 rings (SSSR count). The Hall–Kier alpha value is -1.55. The number of ether oxygens (including phenoxy) is 3. The van der Waals surface area contributed by atoms with Crippen molar-refractivity contribution in [3.05, 3.63) is 29.8 Å². The molecule has 0 amide bonds. The number of hydrogen-bond donors (Lipinski definition) is 0. The fraction of sp³-hybridized carbons (Fsp3) is 0.533. The van der Waals surface area contributed by atoms with Gasteiger partial charge in [0.15, 0.2) is 0 Å². The van der Waals surface area contributed by atoms with Crippen molar-refractivity contribution < 1.29 is 19.0 Å². The van der Waals surface area contributed by atoms with Crippen LogP contribution in [0.15, 0.2) is 24.3 Å². The van der Waals surface area contributed by atoms with Crippen LogP contribution in [0, 0.1) is 0 Å². The Kier molecular flexibility index (Phi) is 5.83. The van der Waals surface area contributed by atoms with Crippen LogP contribution in [0.3, 0.4) is 0 Å². The summed E-state index contributed by atoms with van der Waals surface area (Å²) >= 11 is 0. The van der Waals surface area contributed by atoms with E-state index in [-0.39, 0.29) is 11.6 Å². The van der Waals surface area contributed by atoms with Gasteiger partial charge in [-0.25, -0.2) is 4.79 Å². The Balaban J connectivity index is 2.59. The van der Waals surface area contributed by atoms with E-state index in [4.69, 9.17) is 9.47 Å². The monoisotopic (exact) mass is 266 g/mol. The molecule has 0 saturated carbocycles. The van der Waals surface area contributed by atoms with Crippen LogP contribution < -0.4 is 4.74 Å². The molecule has 0 aliphatic carbocycles. The Morgan fingerprint density at radius 3 is 2.37 bits per heavy atom. The molecule has 1 aromatic rings. The van der Waals surface area contributed by atoms with Gasteiger partial charge in [-0.1, -0.05) is 0 Å². The second-order valence-corrected chi connectivity index (χ2v) is 4.82. The fourth-order valence-corrected chi connectivity index (χ4v) is 1.61. The van der Waals surface area contributed by atoms with Gasteiger partial charge in [0, 0.05) is 13.0 Å². The summed E-state index contributed by atoms with van der Waals surface area (Å²) in [5, 5.41) is 0. The lowest BCUT2D eigenvalue weighted by atomic mass is 10.1. The first kappa shape index (κ1) is 15.5. The molecule has 0 unspecified atom stereocenters. The lowest BCUT2D eigenvalue weighted by Gasteiger charge is -2.26. The van der Waals surface area contributed by atoms with Crippen LogP contribution in [0.5, 0.6) is 5.75 Å². The molecular weight excluding hydrogens is 244 g/mol. The summed E-state index contributed by atoms with van der Waals surface area (Å²) in [6.45, 7) is 7.38. The predicted molar refractivity (Wildman–Crippen MR) is 73.6 cm³/mol. The van der Waals surface area contributed by atoms with Gasteiger partial charge in [-0.2, -0.15) is 0 Å². The van der Waals surface area contributed by atoms with Crippen molar-refractivity contribution >= 4 is 5.97 Å². The highest BCUT2D eigenvalue weighted by Gasteiger charge is 2.19. The largest absolute Gasteiger partial charge is 0.488 e. The van der Waals surface area contributed by atoms with E-state index >= 15 is 0 Å². The van der Waals surface area contributed by atoms with Gasteiger partial charge in [-0.05, 0) is 45.0 Å². The molecule has 0 spiro atoms. The van der Waals surface area contributed by atoms with Crippen LogP contribution in [-0.4, -0.2) is 31.9 Å². The molecule has 0 saturated heterocycles. The molecule has 0 heterocycles. The minimum atomic E-state index is -0.345. The molecule has 0 aliphatic rings. The Morgan fingerprint density at radius 1 is 1.21 bits per heavy atom. The van der Waals surface area contributed by atoms with Gasteiger partial charge in [0.25, 0.3) is 0 Å². The maximum atomic E-state index is 11.3.